The fourth-order valence-corrected chi connectivity index (χ4v) is 3.80. The smallest absolute Gasteiger partial charge is 0.224 e. The highest BCUT2D eigenvalue weighted by atomic mass is 32.2. The number of benzene rings is 1. The standard InChI is InChI=1S/C14H20N2O4S/c1-16(9-11-4-2-3-5-13(11)17)14(18)8-12-10-21(19,20)7-6-15-12/h2-5,12,15,17H,6-10H2,1H3. The second kappa shape index (κ2) is 6.44. The van der Waals surface area contributed by atoms with Gasteiger partial charge in [-0.1, -0.05) is 18.2 Å². The summed E-state index contributed by atoms with van der Waals surface area (Å²) in [6.07, 6.45) is 0.142. The maximum Gasteiger partial charge on any atom is 0.224 e. The molecule has 6 nitrogen and oxygen atoms in total. The van der Waals surface area contributed by atoms with Crippen LogP contribution in [-0.2, 0) is 21.2 Å². The van der Waals surface area contributed by atoms with Crippen LogP contribution in [0.2, 0.25) is 0 Å². The third kappa shape index (κ3) is 4.44. The van der Waals surface area contributed by atoms with E-state index >= 15 is 0 Å². The zero-order valence-electron chi connectivity index (χ0n) is 11.9. The van der Waals surface area contributed by atoms with E-state index in [1.165, 1.54) is 4.90 Å². The lowest BCUT2D eigenvalue weighted by atomic mass is 10.1. The zero-order valence-corrected chi connectivity index (χ0v) is 12.8. The summed E-state index contributed by atoms with van der Waals surface area (Å²) in [6.45, 7) is 0.689. The van der Waals surface area contributed by atoms with Gasteiger partial charge in [0.2, 0.25) is 5.91 Å². The van der Waals surface area contributed by atoms with Crippen molar-refractivity contribution < 1.29 is 18.3 Å². The van der Waals surface area contributed by atoms with Gasteiger partial charge in [-0.3, -0.25) is 4.79 Å². The summed E-state index contributed by atoms with van der Waals surface area (Å²) in [5.41, 5.74) is 0.664. The van der Waals surface area contributed by atoms with Gasteiger partial charge in [0.25, 0.3) is 0 Å². The van der Waals surface area contributed by atoms with Crippen molar-refractivity contribution in [2.24, 2.45) is 0 Å². The molecule has 2 N–H and O–H groups in total. The third-order valence-electron chi connectivity index (χ3n) is 3.55. The van der Waals surface area contributed by atoms with E-state index < -0.39 is 9.84 Å². The lowest BCUT2D eigenvalue weighted by molar-refractivity contribution is -0.130. The monoisotopic (exact) mass is 312 g/mol. The number of hydrogen-bond donors (Lipinski definition) is 2. The first-order chi connectivity index (χ1) is 9.87. The zero-order chi connectivity index (χ0) is 15.5. The predicted octanol–water partition coefficient (Wildman–Crippen LogP) is 0.127. The second-order valence-electron chi connectivity index (χ2n) is 5.35. The van der Waals surface area contributed by atoms with Gasteiger partial charge in [0.15, 0.2) is 9.84 Å². The predicted molar refractivity (Wildman–Crippen MR) is 79.6 cm³/mol. The lowest BCUT2D eigenvalue weighted by Crippen LogP contribution is -2.47. The molecular weight excluding hydrogens is 292 g/mol. The number of amides is 1. The van der Waals surface area contributed by atoms with Crippen LogP contribution in [0.1, 0.15) is 12.0 Å². The van der Waals surface area contributed by atoms with E-state index in [0.29, 0.717) is 18.7 Å². The maximum absolute atomic E-state index is 12.1. The summed E-state index contributed by atoms with van der Waals surface area (Å²) in [5, 5.41) is 12.8. The number of sulfone groups is 1. The number of carbonyl (C=O) groups excluding carboxylic acids is 1. The minimum atomic E-state index is -3.04. The summed E-state index contributed by atoms with van der Waals surface area (Å²) in [4.78, 5) is 13.6. The molecule has 1 aromatic carbocycles. The number of rotatable bonds is 4. The molecule has 0 saturated carbocycles. The van der Waals surface area contributed by atoms with Gasteiger partial charge in [-0.05, 0) is 6.07 Å². The fourth-order valence-electron chi connectivity index (χ4n) is 2.35. The lowest BCUT2D eigenvalue weighted by Gasteiger charge is -2.25. The largest absolute Gasteiger partial charge is 0.508 e. The molecule has 116 valence electrons. The normalized spacial score (nSPS) is 20.9. The number of carbonyl (C=O) groups is 1. The minimum Gasteiger partial charge on any atom is -0.508 e. The molecule has 0 radical (unpaired) electrons. The summed E-state index contributed by atoms with van der Waals surface area (Å²) in [5.74, 6) is 0.137. The number of phenols is 1. The van der Waals surface area contributed by atoms with Gasteiger partial charge >= 0.3 is 0 Å². The van der Waals surface area contributed by atoms with Crippen molar-refractivity contribution in [1.82, 2.24) is 10.2 Å². The summed E-state index contributed by atoms with van der Waals surface area (Å²) in [6, 6.07) is 6.51. The number of hydrogen-bond acceptors (Lipinski definition) is 5. The van der Waals surface area contributed by atoms with Crippen LogP contribution in [0.15, 0.2) is 24.3 Å². The van der Waals surface area contributed by atoms with Crippen molar-refractivity contribution in [3.05, 3.63) is 29.8 Å². The van der Waals surface area contributed by atoms with Crippen molar-refractivity contribution in [3.63, 3.8) is 0 Å². The van der Waals surface area contributed by atoms with Gasteiger partial charge in [-0.15, -0.1) is 0 Å². The minimum absolute atomic E-state index is 0.00314. The molecule has 0 bridgehead atoms. The highest BCUT2D eigenvalue weighted by molar-refractivity contribution is 7.91. The molecule has 1 aliphatic heterocycles. The van der Waals surface area contributed by atoms with Crippen LogP contribution in [0.3, 0.4) is 0 Å². The number of phenolic OH excluding ortho intramolecular Hbond substituents is 1. The quantitative estimate of drug-likeness (QED) is 0.825. The highest BCUT2D eigenvalue weighted by Crippen LogP contribution is 2.17. The highest BCUT2D eigenvalue weighted by Gasteiger charge is 2.27. The van der Waals surface area contributed by atoms with Gasteiger partial charge in [-0.2, -0.15) is 0 Å². The van der Waals surface area contributed by atoms with Crippen LogP contribution in [-0.4, -0.2) is 55.5 Å². The molecule has 0 aromatic heterocycles. The van der Waals surface area contributed by atoms with E-state index in [-0.39, 0.29) is 35.6 Å². The van der Waals surface area contributed by atoms with Crippen LogP contribution in [0.4, 0.5) is 0 Å². The Morgan fingerprint density at radius 2 is 2.14 bits per heavy atom. The topological polar surface area (TPSA) is 86.7 Å². The van der Waals surface area contributed by atoms with Gasteiger partial charge in [0.05, 0.1) is 11.5 Å². The number of nitrogens with zero attached hydrogens (tertiary/aromatic N) is 1. The van der Waals surface area contributed by atoms with Crippen LogP contribution >= 0.6 is 0 Å². The molecule has 21 heavy (non-hydrogen) atoms. The summed E-state index contributed by atoms with van der Waals surface area (Å²) in [7, 11) is -1.40. The Kier molecular flexibility index (Phi) is 4.84. The molecule has 1 atom stereocenters. The Morgan fingerprint density at radius 3 is 2.81 bits per heavy atom. The Hall–Kier alpha value is -1.60. The molecule has 2 rings (SSSR count). The van der Waals surface area contributed by atoms with Crippen molar-refractivity contribution in [2.75, 3.05) is 25.1 Å². The average Bonchev–Trinajstić information content (AvgIpc) is 2.40. The number of aromatic hydroxyl groups is 1. The molecule has 1 fully saturated rings. The van der Waals surface area contributed by atoms with Crippen molar-refractivity contribution >= 4 is 15.7 Å². The van der Waals surface area contributed by atoms with E-state index in [0.717, 1.165) is 0 Å². The van der Waals surface area contributed by atoms with E-state index in [1.54, 1.807) is 31.3 Å². The van der Waals surface area contributed by atoms with Crippen molar-refractivity contribution in [3.8, 4) is 5.75 Å². The first kappa shape index (κ1) is 15.8. The van der Waals surface area contributed by atoms with Gasteiger partial charge in [0.1, 0.15) is 5.75 Å². The van der Waals surface area contributed by atoms with Gasteiger partial charge in [-0.25, -0.2) is 8.42 Å². The van der Waals surface area contributed by atoms with Crippen LogP contribution in [0, 0.1) is 0 Å². The maximum atomic E-state index is 12.1. The van der Waals surface area contributed by atoms with Crippen LogP contribution < -0.4 is 5.32 Å². The molecule has 1 aromatic rings. The molecular formula is C14H20N2O4S. The molecule has 1 heterocycles. The Balaban J connectivity index is 1.92. The van der Waals surface area contributed by atoms with E-state index in [1.807, 2.05) is 0 Å². The Bertz CT molecular complexity index is 615. The van der Waals surface area contributed by atoms with Crippen LogP contribution in [0.25, 0.3) is 0 Å². The van der Waals surface area contributed by atoms with Gasteiger partial charge < -0.3 is 15.3 Å². The summed E-state index contributed by atoms with van der Waals surface area (Å²) < 4.78 is 23.1. The third-order valence-corrected chi connectivity index (χ3v) is 5.28. The molecule has 1 saturated heterocycles. The van der Waals surface area contributed by atoms with Gasteiger partial charge in [0, 0.05) is 38.2 Å². The number of para-hydroxylation sites is 1. The van der Waals surface area contributed by atoms with E-state index in [2.05, 4.69) is 5.32 Å². The van der Waals surface area contributed by atoms with E-state index in [9.17, 15) is 18.3 Å². The van der Waals surface area contributed by atoms with E-state index in [4.69, 9.17) is 0 Å². The average molecular weight is 312 g/mol. The molecule has 7 heteroatoms. The molecule has 0 aliphatic carbocycles. The first-order valence-electron chi connectivity index (χ1n) is 6.82. The molecule has 0 spiro atoms. The molecule has 1 amide bonds. The number of nitrogens with one attached hydrogen (secondary N) is 1. The van der Waals surface area contributed by atoms with Crippen molar-refractivity contribution in [2.45, 2.75) is 19.0 Å². The fraction of sp³-hybridized carbons (Fsp3) is 0.500. The second-order valence-corrected chi connectivity index (χ2v) is 7.58. The van der Waals surface area contributed by atoms with Crippen molar-refractivity contribution in [1.29, 1.82) is 0 Å². The summed E-state index contributed by atoms with van der Waals surface area (Å²) >= 11 is 0. The Morgan fingerprint density at radius 1 is 1.43 bits per heavy atom. The van der Waals surface area contributed by atoms with Crippen LogP contribution in [0.5, 0.6) is 5.75 Å². The molecule has 1 unspecified atom stereocenters. The first-order valence-corrected chi connectivity index (χ1v) is 8.64. The molecule has 1 aliphatic rings. The SMILES string of the molecule is CN(Cc1ccccc1O)C(=O)CC1CS(=O)(=O)CCN1. The Labute approximate surface area is 124 Å².